The first-order chi connectivity index (χ1) is 9.31. The van der Waals surface area contributed by atoms with Crippen LogP contribution in [-0.4, -0.2) is 0 Å². The van der Waals surface area contributed by atoms with Gasteiger partial charge >= 0.3 is 0 Å². The maximum absolute atomic E-state index is 5.47. The van der Waals surface area contributed by atoms with Gasteiger partial charge in [0.05, 0.1) is 12.3 Å². The molecule has 1 aromatic carbocycles. The highest BCUT2D eigenvalue weighted by Gasteiger charge is 2.16. The Kier molecular flexibility index (Phi) is 5.22. The lowest BCUT2D eigenvalue weighted by molar-refractivity contribution is 0.376. The highest BCUT2D eigenvalue weighted by molar-refractivity contribution is 5.19. The number of furan rings is 1. The van der Waals surface area contributed by atoms with E-state index in [-0.39, 0.29) is 6.04 Å². The molecule has 0 saturated heterocycles. The predicted octanol–water partition coefficient (Wildman–Crippen LogP) is 4.86. The summed E-state index contributed by atoms with van der Waals surface area (Å²) in [5, 5.41) is 3.68. The van der Waals surface area contributed by atoms with Crippen molar-refractivity contribution in [3.05, 3.63) is 60.1 Å². The molecular weight excluding hydrogens is 234 g/mol. The third kappa shape index (κ3) is 3.97. The Morgan fingerprint density at radius 1 is 1.11 bits per heavy atom. The first-order valence-electron chi connectivity index (χ1n) is 7.15. The molecule has 0 radical (unpaired) electrons. The molecule has 102 valence electrons. The summed E-state index contributed by atoms with van der Waals surface area (Å²) in [5.41, 5.74) is 1.36. The quantitative estimate of drug-likeness (QED) is 0.766. The molecule has 0 saturated carbocycles. The van der Waals surface area contributed by atoms with Crippen molar-refractivity contribution in [2.24, 2.45) is 0 Å². The molecule has 0 bridgehead atoms. The van der Waals surface area contributed by atoms with Crippen molar-refractivity contribution in [2.45, 2.75) is 45.2 Å². The van der Waals surface area contributed by atoms with Gasteiger partial charge in [0.1, 0.15) is 5.76 Å². The van der Waals surface area contributed by atoms with Gasteiger partial charge in [-0.15, -0.1) is 0 Å². The summed E-state index contributed by atoms with van der Waals surface area (Å²) in [4.78, 5) is 0. The highest BCUT2D eigenvalue weighted by atomic mass is 16.3. The summed E-state index contributed by atoms with van der Waals surface area (Å²) in [6.07, 6.45) is 5.35. The molecule has 2 aromatic rings. The van der Waals surface area contributed by atoms with Gasteiger partial charge in [-0.25, -0.2) is 0 Å². The van der Waals surface area contributed by atoms with Crippen LogP contribution in [0, 0.1) is 0 Å². The van der Waals surface area contributed by atoms with Crippen molar-refractivity contribution in [2.75, 3.05) is 0 Å². The molecular formula is C17H23NO. The van der Waals surface area contributed by atoms with Gasteiger partial charge in [-0.1, -0.05) is 50.1 Å². The Morgan fingerprint density at radius 3 is 2.53 bits per heavy atom. The molecule has 1 aromatic heterocycles. The zero-order chi connectivity index (χ0) is 13.5. The second-order valence-electron chi connectivity index (χ2n) is 5.01. The monoisotopic (exact) mass is 257 g/mol. The van der Waals surface area contributed by atoms with Gasteiger partial charge in [0.2, 0.25) is 0 Å². The van der Waals surface area contributed by atoms with E-state index in [0.29, 0.717) is 6.04 Å². The topological polar surface area (TPSA) is 25.2 Å². The van der Waals surface area contributed by atoms with Crippen LogP contribution in [0.15, 0.2) is 53.1 Å². The third-order valence-electron chi connectivity index (χ3n) is 3.47. The fourth-order valence-electron chi connectivity index (χ4n) is 2.36. The van der Waals surface area contributed by atoms with Gasteiger partial charge in [0.25, 0.3) is 0 Å². The minimum Gasteiger partial charge on any atom is -0.468 e. The number of nitrogens with one attached hydrogen (secondary N) is 1. The normalized spacial score (nSPS) is 14.2. The summed E-state index contributed by atoms with van der Waals surface area (Å²) < 4.78 is 5.47. The second kappa shape index (κ2) is 7.15. The Balaban J connectivity index is 2.05. The van der Waals surface area contributed by atoms with Crippen molar-refractivity contribution >= 4 is 0 Å². The minimum absolute atomic E-state index is 0.233. The molecule has 0 amide bonds. The van der Waals surface area contributed by atoms with Crippen LogP contribution in [0.25, 0.3) is 0 Å². The minimum atomic E-state index is 0.233. The largest absolute Gasteiger partial charge is 0.468 e. The van der Waals surface area contributed by atoms with Gasteiger partial charge in [-0.3, -0.25) is 0 Å². The van der Waals surface area contributed by atoms with E-state index in [9.17, 15) is 0 Å². The van der Waals surface area contributed by atoms with E-state index in [1.807, 2.05) is 12.1 Å². The van der Waals surface area contributed by atoms with E-state index < -0.39 is 0 Å². The Labute approximate surface area is 115 Å². The molecule has 0 spiro atoms. The summed E-state index contributed by atoms with van der Waals surface area (Å²) in [7, 11) is 0. The molecule has 0 aliphatic rings. The first-order valence-corrected chi connectivity index (χ1v) is 7.15. The number of rotatable bonds is 7. The average molecular weight is 257 g/mol. The zero-order valence-corrected chi connectivity index (χ0v) is 11.8. The standard InChI is InChI=1S/C17H23NO/c1-3-4-11-16(15-9-6-5-7-10-15)18-14(2)17-12-8-13-19-17/h5-10,12-14,16,18H,3-4,11H2,1-2H3/t14-,16?/m0/s1. The molecule has 2 heteroatoms. The summed E-state index contributed by atoms with van der Waals surface area (Å²) >= 11 is 0. The van der Waals surface area contributed by atoms with Crippen LogP contribution >= 0.6 is 0 Å². The van der Waals surface area contributed by atoms with Gasteiger partial charge in [0, 0.05) is 6.04 Å². The molecule has 1 unspecified atom stereocenters. The van der Waals surface area contributed by atoms with Crippen molar-refractivity contribution < 1.29 is 4.42 Å². The SMILES string of the molecule is CCCCC(N[C@@H](C)c1ccco1)c1ccccc1. The fraction of sp³-hybridized carbons (Fsp3) is 0.412. The smallest absolute Gasteiger partial charge is 0.120 e. The maximum Gasteiger partial charge on any atom is 0.120 e. The van der Waals surface area contributed by atoms with Crippen LogP contribution in [0.3, 0.4) is 0 Å². The second-order valence-corrected chi connectivity index (χ2v) is 5.01. The van der Waals surface area contributed by atoms with Gasteiger partial charge in [-0.2, -0.15) is 0 Å². The average Bonchev–Trinajstić information content (AvgIpc) is 2.98. The van der Waals surface area contributed by atoms with Gasteiger partial charge < -0.3 is 9.73 Å². The van der Waals surface area contributed by atoms with E-state index in [1.165, 1.54) is 18.4 Å². The van der Waals surface area contributed by atoms with Crippen LogP contribution in [0.5, 0.6) is 0 Å². The van der Waals surface area contributed by atoms with Crippen LogP contribution < -0.4 is 5.32 Å². The Bertz CT molecular complexity index is 449. The van der Waals surface area contributed by atoms with E-state index in [2.05, 4.69) is 49.5 Å². The molecule has 19 heavy (non-hydrogen) atoms. The molecule has 1 N–H and O–H groups in total. The lowest BCUT2D eigenvalue weighted by atomic mass is 10.00. The van der Waals surface area contributed by atoms with Gasteiger partial charge in [0.15, 0.2) is 0 Å². The third-order valence-corrected chi connectivity index (χ3v) is 3.47. The Morgan fingerprint density at radius 2 is 1.89 bits per heavy atom. The number of hydrogen-bond acceptors (Lipinski definition) is 2. The van der Waals surface area contributed by atoms with Crippen LogP contribution in [-0.2, 0) is 0 Å². The van der Waals surface area contributed by atoms with Crippen LogP contribution in [0.4, 0.5) is 0 Å². The van der Waals surface area contributed by atoms with Crippen molar-refractivity contribution in [3.63, 3.8) is 0 Å². The van der Waals surface area contributed by atoms with Crippen LogP contribution in [0.2, 0.25) is 0 Å². The van der Waals surface area contributed by atoms with Gasteiger partial charge in [-0.05, 0) is 31.0 Å². The number of benzene rings is 1. The highest BCUT2D eigenvalue weighted by Crippen LogP contribution is 2.24. The zero-order valence-electron chi connectivity index (χ0n) is 11.8. The van der Waals surface area contributed by atoms with E-state index in [0.717, 1.165) is 12.2 Å². The van der Waals surface area contributed by atoms with Crippen molar-refractivity contribution in [1.82, 2.24) is 5.32 Å². The molecule has 0 aliphatic carbocycles. The van der Waals surface area contributed by atoms with Crippen LogP contribution in [0.1, 0.15) is 56.5 Å². The molecule has 2 atom stereocenters. The molecule has 0 fully saturated rings. The lowest BCUT2D eigenvalue weighted by Crippen LogP contribution is -2.24. The summed E-state index contributed by atoms with van der Waals surface area (Å²) in [5.74, 6) is 0.998. The first kappa shape index (κ1) is 13.9. The van der Waals surface area contributed by atoms with E-state index in [4.69, 9.17) is 4.42 Å². The maximum atomic E-state index is 5.47. The van der Waals surface area contributed by atoms with Crippen molar-refractivity contribution in [3.8, 4) is 0 Å². The molecule has 2 rings (SSSR count). The molecule has 0 aliphatic heterocycles. The lowest BCUT2D eigenvalue weighted by Gasteiger charge is -2.22. The Hall–Kier alpha value is -1.54. The number of unbranched alkanes of at least 4 members (excludes halogenated alkanes) is 1. The van der Waals surface area contributed by atoms with E-state index in [1.54, 1.807) is 6.26 Å². The van der Waals surface area contributed by atoms with Crippen molar-refractivity contribution in [1.29, 1.82) is 0 Å². The number of hydrogen-bond donors (Lipinski definition) is 1. The predicted molar refractivity (Wildman–Crippen MR) is 79.0 cm³/mol. The van der Waals surface area contributed by atoms with E-state index >= 15 is 0 Å². The fourth-order valence-corrected chi connectivity index (χ4v) is 2.36. The summed E-state index contributed by atoms with van der Waals surface area (Å²) in [6, 6.07) is 15.3. The molecule has 1 heterocycles. The molecule has 2 nitrogen and oxygen atoms in total. The summed E-state index contributed by atoms with van der Waals surface area (Å²) in [6.45, 7) is 4.39.